The first-order valence-corrected chi connectivity index (χ1v) is 8.93. The fourth-order valence-electron chi connectivity index (χ4n) is 3.89. The normalized spacial score (nSPS) is 11.7. The number of aryl methyl sites for hydroxylation is 3. The van der Waals surface area contributed by atoms with Gasteiger partial charge in [-0.2, -0.15) is 4.57 Å². The molecule has 2 heterocycles. The van der Waals surface area contributed by atoms with E-state index in [1.54, 1.807) is 0 Å². The second-order valence-corrected chi connectivity index (χ2v) is 7.13. The van der Waals surface area contributed by atoms with Crippen LogP contribution in [0.1, 0.15) is 11.1 Å². The van der Waals surface area contributed by atoms with Crippen molar-refractivity contribution in [1.82, 2.24) is 0 Å². The van der Waals surface area contributed by atoms with Crippen molar-refractivity contribution in [3.05, 3.63) is 78.0 Å². The third-order valence-electron chi connectivity index (χ3n) is 5.27. The fraction of sp³-hybridized carbons (Fsp3) is 0.125. The van der Waals surface area contributed by atoms with Crippen LogP contribution in [0.4, 0.5) is 0 Å². The summed E-state index contributed by atoms with van der Waals surface area (Å²) in [5.74, 6) is 0. The zero-order valence-corrected chi connectivity index (χ0v) is 15.2. The van der Waals surface area contributed by atoms with Gasteiger partial charge < -0.3 is 4.42 Å². The highest BCUT2D eigenvalue weighted by atomic mass is 16.3. The van der Waals surface area contributed by atoms with Gasteiger partial charge in [0.1, 0.15) is 12.6 Å². The lowest BCUT2D eigenvalue weighted by Crippen LogP contribution is -2.30. The van der Waals surface area contributed by atoms with Crippen molar-refractivity contribution in [2.24, 2.45) is 7.05 Å². The number of benzene rings is 3. The average molecular weight is 338 g/mol. The zero-order chi connectivity index (χ0) is 17.8. The highest BCUT2D eigenvalue weighted by molar-refractivity contribution is 6.12. The Bertz CT molecular complexity index is 1310. The van der Waals surface area contributed by atoms with Gasteiger partial charge in [-0.3, -0.25) is 0 Å². The standard InChI is InChI=1S/C24H20NO/c1-15-8-9-17-14-22-21(13-18(17)12-15)20-10-11-25(3)23(24(20)26-22)19-7-5-4-6-16(19)2/h4-14H,1-3H3/q+1. The Morgan fingerprint density at radius 3 is 2.50 bits per heavy atom. The van der Waals surface area contributed by atoms with Crippen LogP contribution in [-0.2, 0) is 7.05 Å². The first-order chi connectivity index (χ1) is 12.6. The van der Waals surface area contributed by atoms with Gasteiger partial charge in [0.15, 0.2) is 6.20 Å². The monoisotopic (exact) mass is 338 g/mol. The second-order valence-electron chi connectivity index (χ2n) is 7.13. The molecular weight excluding hydrogens is 318 g/mol. The van der Waals surface area contributed by atoms with Gasteiger partial charge >= 0.3 is 0 Å². The van der Waals surface area contributed by atoms with Crippen LogP contribution in [0, 0.1) is 13.8 Å². The number of hydrogen-bond acceptors (Lipinski definition) is 1. The van der Waals surface area contributed by atoms with Crippen LogP contribution in [0.15, 0.2) is 71.3 Å². The van der Waals surface area contributed by atoms with E-state index in [4.69, 9.17) is 4.42 Å². The van der Waals surface area contributed by atoms with Crippen LogP contribution in [0.25, 0.3) is 44.0 Å². The van der Waals surface area contributed by atoms with Crippen LogP contribution in [0.3, 0.4) is 0 Å². The maximum Gasteiger partial charge on any atom is 0.256 e. The van der Waals surface area contributed by atoms with Crippen molar-refractivity contribution in [3.8, 4) is 11.3 Å². The van der Waals surface area contributed by atoms with Gasteiger partial charge in [-0.25, -0.2) is 0 Å². The second kappa shape index (κ2) is 5.43. The molecule has 0 fully saturated rings. The van der Waals surface area contributed by atoms with E-state index in [1.165, 1.54) is 38.2 Å². The molecule has 0 spiro atoms. The predicted molar refractivity (Wildman–Crippen MR) is 107 cm³/mol. The van der Waals surface area contributed by atoms with Gasteiger partial charge in [-0.1, -0.05) is 42.0 Å². The minimum Gasteiger partial charge on any atom is -0.449 e. The van der Waals surface area contributed by atoms with Crippen LogP contribution in [0.5, 0.6) is 0 Å². The summed E-state index contributed by atoms with van der Waals surface area (Å²) in [7, 11) is 2.08. The molecule has 126 valence electrons. The molecule has 3 aromatic carbocycles. The van der Waals surface area contributed by atoms with Gasteiger partial charge in [-0.15, -0.1) is 0 Å². The molecule has 2 aromatic heterocycles. The fourth-order valence-corrected chi connectivity index (χ4v) is 3.89. The number of pyridine rings is 1. The molecule has 2 nitrogen and oxygen atoms in total. The smallest absolute Gasteiger partial charge is 0.256 e. The molecule has 0 radical (unpaired) electrons. The first kappa shape index (κ1) is 15.2. The largest absolute Gasteiger partial charge is 0.449 e. The highest BCUT2D eigenvalue weighted by Gasteiger charge is 2.22. The topological polar surface area (TPSA) is 17.0 Å². The van der Waals surface area contributed by atoms with Gasteiger partial charge in [0.25, 0.3) is 5.69 Å². The van der Waals surface area contributed by atoms with Crippen LogP contribution in [0.2, 0.25) is 0 Å². The molecule has 2 heteroatoms. The number of aromatic nitrogens is 1. The van der Waals surface area contributed by atoms with Crippen molar-refractivity contribution >= 4 is 32.7 Å². The molecule has 0 unspecified atom stereocenters. The summed E-state index contributed by atoms with van der Waals surface area (Å²) in [5.41, 5.74) is 6.74. The third-order valence-corrected chi connectivity index (χ3v) is 5.27. The van der Waals surface area contributed by atoms with Gasteiger partial charge in [0.2, 0.25) is 5.58 Å². The number of rotatable bonds is 1. The van der Waals surface area contributed by atoms with Crippen LogP contribution >= 0.6 is 0 Å². The summed E-state index contributed by atoms with van der Waals surface area (Å²) >= 11 is 0. The van der Waals surface area contributed by atoms with E-state index in [2.05, 4.69) is 92.3 Å². The summed E-state index contributed by atoms with van der Waals surface area (Å²) in [4.78, 5) is 0. The summed E-state index contributed by atoms with van der Waals surface area (Å²) in [6, 6.07) is 21.6. The molecule has 5 aromatic rings. The van der Waals surface area contributed by atoms with Crippen LogP contribution in [-0.4, -0.2) is 0 Å². The van der Waals surface area contributed by atoms with Crippen LogP contribution < -0.4 is 4.57 Å². The van der Waals surface area contributed by atoms with E-state index >= 15 is 0 Å². The van der Waals surface area contributed by atoms with Crippen molar-refractivity contribution in [3.63, 3.8) is 0 Å². The summed E-state index contributed by atoms with van der Waals surface area (Å²) in [6.45, 7) is 4.28. The summed E-state index contributed by atoms with van der Waals surface area (Å²) < 4.78 is 8.54. The summed E-state index contributed by atoms with van der Waals surface area (Å²) in [6.07, 6.45) is 2.12. The van der Waals surface area contributed by atoms with Crippen molar-refractivity contribution in [1.29, 1.82) is 0 Å². The Morgan fingerprint density at radius 2 is 1.65 bits per heavy atom. The van der Waals surface area contributed by atoms with Crippen molar-refractivity contribution in [2.75, 3.05) is 0 Å². The maximum atomic E-state index is 6.39. The number of hydrogen-bond donors (Lipinski definition) is 0. The minimum atomic E-state index is 0.942. The SMILES string of the molecule is Cc1ccc2cc3oc4c(-c5ccccc5C)[n+](C)ccc4c3cc2c1. The molecule has 5 rings (SSSR count). The zero-order valence-electron chi connectivity index (χ0n) is 15.2. The number of furan rings is 1. The molecule has 0 atom stereocenters. The molecule has 0 N–H and O–H groups in total. The van der Waals surface area contributed by atoms with E-state index in [0.717, 1.165) is 16.9 Å². The lowest BCUT2D eigenvalue weighted by molar-refractivity contribution is -0.659. The molecular formula is C24H20NO+. The summed E-state index contributed by atoms with van der Waals surface area (Å²) in [5, 5.41) is 4.81. The van der Waals surface area contributed by atoms with Crippen molar-refractivity contribution in [2.45, 2.75) is 13.8 Å². The molecule has 0 saturated heterocycles. The van der Waals surface area contributed by atoms with Crippen molar-refractivity contribution < 1.29 is 8.98 Å². The molecule has 0 saturated carbocycles. The molecule has 0 aliphatic carbocycles. The third kappa shape index (κ3) is 2.15. The highest BCUT2D eigenvalue weighted by Crippen LogP contribution is 2.36. The van der Waals surface area contributed by atoms with Gasteiger partial charge in [-0.05, 0) is 48.4 Å². The Kier molecular flexibility index (Phi) is 3.17. The molecule has 0 aliphatic rings. The van der Waals surface area contributed by atoms with Gasteiger partial charge in [0.05, 0.1) is 5.56 Å². The number of nitrogens with zero attached hydrogens (tertiary/aromatic N) is 1. The maximum absolute atomic E-state index is 6.39. The first-order valence-electron chi connectivity index (χ1n) is 8.93. The Balaban J connectivity index is 1.92. The Labute approximate surface area is 152 Å². The lowest BCUT2D eigenvalue weighted by Gasteiger charge is -2.04. The lowest BCUT2D eigenvalue weighted by atomic mass is 10.0. The molecule has 0 bridgehead atoms. The van der Waals surface area contributed by atoms with E-state index in [9.17, 15) is 0 Å². The number of fused-ring (bicyclic) bond motifs is 4. The van der Waals surface area contributed by atoms with Gasteiger partial charge in [0, 0.05) is 16.8 Å². The quantitative estimate of drug-likeness (QED) is 0.351. The van der Waals surface area contributed by atoms with E-state index in [-0.39, 0.29) is 0 Å². The van der Waals surface area contributed by atoms with E-state index < -0.39 is 0 Å². The average Bonchev–Trinajstić information content (AvgIpc) is 2.98. The molecule has 0 aliphatic heterocycles. The Hall–Kier alpha value is -3.13. The predicted octanol–water partition coefficient (Wildman–Crippen LogP) is 5.85. The minimum absolute atomic E-state index is 0.942. The molecule has 26 heavy (non-hydrogen) atoms. The van der Waals surface area contributed by atoms with E-state index in [0.29, 0.717) is 0 Å². The Morgan fingerprint density at radius 1 is 0.808 bits per heavy atom. The van der Waals surface area contributed by atoms with E-state index in [1.807, 2.05) is 0 Å². The molecule has 0 amide bonds.